The maximum absolute atomic E-state index is 6.12. The van der Waals surface area contributed by atoms with Crippen molar-refractivity contribution in [2.45, 2.75) is 50.6 Å². The van der Waals surface area contributed by atoms with Crippen LogP contribution < -0.4 is 24.8 Å². The molecular formula is C16H23Cl2OSiZr. The Morgan fingerprint density at radius 3 is 2.19 bits per heavy atom. The Bertz CT molecular complexity index is 550. The zero-order valence-electron chi connectivity index (χ0n) is 13.6. The quantitative estimate of drug-likeness (QED) is 0.555. The molecule has 5 heteroatoms. The number of aryl methyl sites for hydroxylation is 1. The molecule has 0 fully saturated rings. The average Bonchev–Trinajstić information content (AvgIpc) is 2.54. The first-order valence-electron chi connectivity index (χ1n) is 6.87. The molecule has 21 heavy (non-hydrogen) atoms. The summed E-state index contributed by atoms with van der Waals surface area (Å²) in [5, 5.41) is 0. The minimum Gasteiger partial charge on any atom is -1.00 e. The van der Waals surface area contributed by atoms with E-state index in [4.69, 9.17) is 4.43 Å². The van der Waals surface area contributed by atoms with E-state index in [2.05, 4.69) is 52.5 Å². The largest absolute Gasteiger partial charge is 1.00 e. The number of halogens is 2. The Balaban J connectivity index is 0.00000200. The molecule has 0 amide bonds. The van der Waals surface area contributed by atoms with Gasteiger partial charge in [-0.3, -0.25) is 0 Å². The molecule has 1 aromatic carbocycles. The van der Waals surface area contributed by atoms with Crippen LogP contribution in [0.25, 0.3) is 5.57 Å². The van der Waals surface area contributed by atoms with E-state index in [1.54, 1.807) is 35.9 Å². The van der Waals surface area contributed by atoms with Crippen molar-refractivity contribution in [3.8, 4) is 0 Å². The van der Waals surface area contributed by atoms with Crippen molar-refractivity contribution in [2.24, 2.45) is 0 Å². The zero-order chi connectivity index (χ0) is 14.4. The summed E-state index contributed by atoms with van der Waals surface area (Å²) in [7, 11) is -1.45. The number of allylic oxidation sites excluding steroid dienone is 2. The van der Waals surface area contributed by atoms with Gasteiger partial charge >= 0.3 is 134 Å². The summed E-state index contributed by atoms with van der Waals surface area (Å²) in [6.45, 7) is 14.3. The fraction of sp³-hybridized carbons (Fsp3) is 0.500. The van der Waals surface area contributed by atoms with E-state index in [0.717, 1.165) is 6.61 Å². The molecule has 1 nitrogen and oxygen atoms in total. The van der Waals surface area contributed by atoms with Crippen LogP contribution >= 0.6 is 0 Å². The van der Waals surface area contributed by atoms with Crippen LogP contribution in [-0.4, -0.2) is 8.32 Å². The number of hydrogen-bond donors (Lipinski definition) is 0. The minimum atomic E-state index is -1.45. The van der Waals surface area contributed by atoms with Crippen molar-refractivity contribution in [3.05, 3.63) is 40.0 Å². The maximum Gasteiger partial charge on any atom is -1.00 e. The van der Waals surface area contributed by atoms with Crippen LogP contribution in [0.5, 0.6) is 0 Å². The number of hydrogen-bond acceptors (Lipinski definition) is 1. The van der Waals surface area contributed by atoms with Gasteiger partial charge in [0.05, 0.1) is 0 Å². The smallest absolute Gasteiger partial charge is 1.00 e. The second-order valence-electron chi connectivity index (χ2n) is 6.47. The SMILES string of the molecule is CC1=C(C)[CH]([Zr+2])c2c(C)ccc(CO[Si](C)(C)C)c21.[Cl-].[Cl-]. The first kappa shape index (κ1) is 21.6. The Kier molecular flexibility index (Phi) is 8.15. The first-order valence-corrected chi connectivity index (χ1v) is 11.7. The van der Waals surface area contributed by atoms with Gasteiger partial charge in [-0.2, -0.15) is 0 Å². The molecule has 0 saturated carbocycles. The van der Waals surface area contributed by atoms with E-state index in [-0.39, 0.29) is 24.8 Å². The third-order valence-electron chi connectivity index (χ3n) is 3.90. The number of benzene rings is 1. The van der Waals surface area contributed by atoms with E-state index in [0.29, 0.717) is 3.63 Å². The molecule has 0 N–H and O–H groups in total. The van der Waals surface area contributed by atoms with Crippen LogP contribution in [0.2, 0.25) is 19.6 Å². The Labute approximate surface area is 157 Å². The van der Waals surface area contributed by atoms with Crippen molar-refractivity contribution >= 4 is 13.9 Å². The predicted molar refractivity (Wildman–Crippen MR) is 80.3 cm³/mol. The molecular weight excluding hydrogens is 398 g/mol. The number of rotatable bonds is 3. The molecule has 0 heterocycles. The van der Waals surface area contributed by atoms with E-state index < -0.39 is 8.32 Å². The van der Waals surface area contributed by atoms with Crippen molar-refractivity contribution in [3.63, 3.8) is 0 Å². The maximum atomic E-state index is 6.12. The van der Waals surface area contributed by atoms with E-state index >= 15 is 0 Å². The molecule has 0 aliphatic heterocycles. The molecule has 0 saturated heterocycles. The Morgan fingerprint density at radius 2 is 1.67 bits per heavy atom. The van der Waals surface area contributed by atoms with Crippen LogP contribution in [-0.2, 0) is 35.8 Å². The summed E-state index contributed by atoms with van der Waals surface area (Å²) in [5.74, 6) is 0. The zero-order valence-corrected chi connectivity index (χ0v) is 18.6. The third kappa shape index (κ3) is 4.54. The minimum absolute atomic E-state index is 0. The average molecular weight is 422 g/mol. The summed E-state index contributed by atoms with van der Waals surface area (Å²) < 4.78 is 6.77. The van der Waals surface area contributed by atoms with Crippen molar-refractivity contribution in [1.82, 2.24) is 0 Å². The molecule has 115 valence electrons. The molecule has 1 unspecified atom stereocenters. The van der Waals surface area contributed by atoms with Gasteiger partial charge < -0.3 is 24.8 Å². The predicted octanol–water partition coefficient (Wildman–Crippen LogP) is -1.25. The number of fused-ring (bicyclic) bond motifs is 1. The van der Waals surface area contributed by atoms with Gasteiger partial charge in [0.1, 0.15) is 0 Å². The molecule has 0 bridgehead atoms. The van der Waals surface area contributed by atoms with Gasteiger partial charge in [0, 0.05) is 0 Å². The Morgan fingerprint density at radius 1 is 1.10 bits per heavy atom. The van der Waals surface area contributed by atoms with Crippen LogP contribution in [0, 0.1) is 6.92 Å². The van der Waals surface area contributed by atoms with Gasteiger partial charge in [0.2, 0.25) is 0 Å². The summed E-state index contributed by atoms with van der Waals surface area (Å²) in [4.78, 5) is 0. The van der Waals surface area contributed by atoms with E-state index in [1.807, 2.05) is 0 Å². The van der Waals surface area contributed by atoms with Gasteiger partial charge in [-0.05, 0) is 0 Å². The molecule has 0 spiro atoms. The summed E-state index contributed by atoms with van der Waals surface area (Å²) in [6, 6.07) is 4.53. The molecule has 1 aliphatic carbocycles. The molecule has 1 aromatic rings. The standard InChI is InChI=1S/C16H23OSi.2ClH.Zr/c1-11-7-8-14(10-17-18(4,5)6)16-13(3)12(2)9-15(11)16;;;/h7-9H,10H2,1-6H3;2*1H;/q;;;+2/p-2. The third-order valence-corrected chi connectivity index (χ3v) is 6.68. The van der Waals surface area contributed by atoms with Gasteiger partial charge in [0.15, 0.2) is 0 Å². The van der Waals surface area contributed by atoms with Crippen LogP contribution in [0.4, 0.5) is 0 Å². The second kappa shape index (κ2) is 7.93. The molecule has 0 radical (unpaired) electrons. The monoisotopic (exact) mass is 419 g/mol. The molecule has 1 atom stereocenters. The molecule has 0 aromatic heterocycles. The van der Waals surface area contributed by atoms with E-state index in [1.165, 1.54) is 22.3 Å². The molecule has 1 aliphatic rings. The summed E-state index contributed by atoms with van der Waals surface area (Å²) in [6.07, 6.45) is 0. The van der Waals surface area contributed by atoms with Crippen LogP contribution in [0.15, 0.2) is 17.7 Å². The van der Waals surface area contributed by atoms with Crippen molar-refractivity contribution in [1.29, 1.82) is 0 Å². The van der Waals surface area contributed by atoms with Gasteiger partial charge in [-0.15, -0.1) is 0 Å². The van der Waals surface area contributed by atoms with Gasteiger partial charge in [0.25, 0.3) is 0 Å². The first-order chi connectivity index (χ1) is 8.72. The van der Waals surface area contributed by atoms with Gasteiger partial charge in [-0.25, -0.2) is 0 Å². The second-order valence-corrected chi connectivity index (χ2v) is 12.4. The molecule has 2 rings (SSSR count). The Hall–Kier alpha value is 0.600. The van der Waals surface area contributed by atoms with E-state index in [9.17, 15) is 0 Å². The van der Waals surface area contributed by atoms with Crippen molar-refractivity contribution < 1.29 is 54.0 Å². The van der Waals surface area contributed by atoms with Gasteiger partial charge in [-0.1, -0.05) is 0 Å². The van der Waals surface area contributed by atoms with Crippen molar-refractivity contribution in [2.75, 3.05) is 0 Å². The van der Waals surface area contributed by atoms with Crippen LogP contribution in [0.1, 0.15) is 39.7 Å². The van der Waals surface area contributed by atoms with Crippen LogP contribution in [0.3, 0.4) is 0 Å². The topological polar surface area (TPSA) is 9.23 Å². The summed E-state index contributed by atoms with van der Waals surface area (Å²) in [5.41, 5.74) is 8.89. The fourth-order valence-corrected chi connectivity index (χ4v) is 4.66. The normalized spacial score (nSPS) is 17.2. The fourth-order valence-electron chi connectivity index (χ4n) is 2.63. The summed E-state index contributed by atoms with van der Waals surface area (Å²) >= 11 is 1.60.